The SMILES string of the molecule is c1csc([C@H]2NC[C@H]3CC[C@@H]2C3)c1. The Kier molecular flexibility index (Phi) is 1.91. The van der Waals surface area contributed by atoms with Crippen molar-refractivity contribution in [3.8, 4) is 0 Å². The summed E-state index contributed by atoms with van der Waals surface area (Å²) in [6.45, 7) is 1.25. The lowest BCUT2D eigenvalue weighted by atomic mass is 9.92. The maximum atomic E-state index is 3.69. The van der Waals surface area contributed by atoms with Gasteiger partial charge in [0.1, 0.15) is 0 Å². The van der Waals surface area contributed by atoms with E-state index >= 15 is 0 Å². The Morgan fingerprint density at radius 2 is 2.38 bits per heavy atom. The summed E-state index contributed by atoms with van der Waals surface area (Å²) in [6.07, 6.45) is 4.37. The van der Waals surface area contributed by atoms with E-state index in [0.717, 1.165) is 11.8 Å². The van der Waals surface area contributed by atoms with Crippen molar-refractivity contribution in [2.45, 2.75) is 25.3 Å². The second-order valence-electron chi connectivity index (χ2n) is 4.34. The van der Waals surface area contributed by atoms with Crippen LogP contribution in [0.4, 0.5) is 0 Å². The molecule has 2 heterocycles. The standard InChI is InChI=1S/C11H15NS/c1-2-10(13-5-1)11-9-4-3-8(6-9)7-12-11/h1-2,5,8-9,11-12H,3-4,6-7H2/t8-,9+,11-/m0/s1. The van der Waals surface area contributed by atoms with Crippen LogP contribution in [0, 0.1) is 11.8 Å². The first-order valence-electron chi connectivity index (χ1n) is 5.20. The van der Waals surface area contributed by atoms with Gasteiger partial charge in [0.2, 0.25) is 0 Å². The Bertz CT molecular complexity index is 280. The van der Waals surface area contributed by atoms with Gasteiger partial charge >= 0.3 is 0 Å². The smallest absolute Gasteiger partial charge is 0.0443 e. The molecule has 1 aliphatic carbocycles. The summed E-state index contributed by atoms with van der Waals surface area (Å²) in [5.41, 5.74) is 0. The lowest BCUT2D eigenvalue weighted by Gasteiger charge is -2.29. The maximum absolute atomic E-state index is 3.69. The largest absolute Gasteiger partial charge is 0.309 e. The molecule has 1 saturated carbocycles. The number of thiophene rings is 1. The molecule has 3 rings (SSSR count). The quantitative estimate of drug-likeness (QED) is 0.723. The van der Waals surface area contributed by atoms with E-state index in [4.69, 9.17) is 0 Å². The third-order valence-corrected chi connectivity index (χ3v) is 4.48. The molecular weight excluding hydrogens is 178 g/mol. The molecule has 2 aliphatic rings. The molecule has 0 aromatic carbocycles. The molecule has 1 aromatic heterocycles. The summed E-state index contributed by atoms with van der Waals surface area (Å²) in [5.74, 6) is 1.92. The molecule has 1 nitrogen and oxygen atoms in total. The highest BCUT2D eigenvalue weighted by atomic mass is 32.1. The first-order valence-corrected chi connectivity index (χ1v) is 6.08. The second-order valence-corrected chi connectivity index (χ2v) is 5.32. The molecular formula is C11H15NS. The Labute approximate surface area is 83.2 Å². The van der Waals surface area contributed by atoms with Gasteiger partial charge in [-0.25, -0.2) is 0 Å². The molecule has 3 atom stereocenters. The Morgan fingerprint density at radius 3 is 3.23 bits per heavy atom. The molecule has 13 heavy (non-hydrogen) atoms. The Balaban J connectivity index is 1.84. The van der Waals surface area contributed by atoms with Crippen LogP contribution in [0.1, 0.15) is 30.2 Å². The fraction of sp³-hybridized carbons (Fsp3) is 0.636. The normalized spacial score (nSPS) is 38.0. The molecule has 0 radical (unpaired) electrons. The van der Waals surface area contributed by atoms with Crippen LogP contribution in [0.15, 0.2) is 17.5 Å². The molecule has 2 heteroatoms. The first kappa shape index (κ1) is 8.01. The predicted molar refractivity (Wildman–Crippen MR) is 55.9 cm³/mol. The average molecular weight is 193 g/mol. The molecule has 1 N–H and O–H groups in total. The van der Waals surface area contributed by atoms with Gasteiger partial charge in [-0.2, -0.15) is 0 Å². The van der Waals surface area contributed by atoms with Gasteiger partial charge in [0.25, 0.3) is 0 Å². The number of piperidine rings is 1. The maximum Gasteiger partial charge on any atom is 0.0443 e. The average Bonchev–Trinajstić information content (AvgIpc) is 2.77. The summed E-state index contributed by atoms with van der Waals surface area (Å²) in [5, 5.41) is 5.89. The number of nitrogens with one attached hydrogen (secondary N) is 1. The van der Waals surface area contributed by atoms with Crippen molar-refractivity contribution in [2.75, 3.05) is 6.54 Å². The van der Waals surface area contributed by atoms with Crippen LogP contribution in [-0.4, -0.2) is 6.54 Å². The zero-order valence-corrected chi connectivity index (χ0v) is 8.52. The summed E-state index contributed by atoms with van der Waals surface area (Å²) < 4.78 is 0. The van der Waals surface area contributed by atoms with Gasteiger partial charge in [-0.15, -0.1) is 11.3 Å². The minimum absolute atomic E-state index is 0.679. The van der Waals surface area contributed by atoms with E-state index in [1.54, 1.807) is 4.88 Å². The minimum atomic E-state index is 0.679. The minimum Gasteiger partial charge on any atom is -0.309 e. The van der Waals surface area contributed by atoms with Crippen LogP contribution in [0.5, 0.6) is 0 Å². The van der Waals surface area contributed by atoms with E-state index in [0.29, 0.717) is 6.04 Å². The number of hydrogen-bond donors (Lipinski definition) is 1. The van der Waals surface area contributed by atoms with E-state index in [1.807, 2.05) is 11.3 Å². The van der Waals surface area contributed by atoms with Crippen LogP contribution >= 0.6 is 11.3 Å². The van der Waals surface area contributed by atoms with Crippen LogP contribution in [0.2, 0.25) is 0 Å². The summed E-state index contributed by atoms with van der Waals surface area (Å²) in [4.78, 5) is 1.55. The van der Waals surface area contributed by atoms with Gasteiger partial charge in [0, 0.05) is 10.9 Å². The van der Waals surface area contributed by atoms with Crippen molar-refractivity contribution >= 4 is 11.3 Å². The number of fused-ring (bicyclic) bond motifs is 2. The van der Waals surface area contributed by atoms with Gasteiger partial charge < -0.3 is 5.32 Å². The molecule has 0 amide bonds. The number of hydrogen-bond acceptors (Lipinski definition) is 2. The van der Waals surface area contributed by atoms with E-state index in [2.05, 4.69) is 22.8 Å². The van der Waals surface area contributed by atoms with Crippen molar-refractivity contribution < 1.29 is 0 Å². The van der Waals surface area contributed by atoms with Crippen LogP contribution < -0.4 is 5.32 Å². The molecule has 70 valence electrons. The van der Waals surface area contributed by atoms with Gasteiger partial charge in [-0.1, -0.05) is 6.07 Å². The van der Waals surface area contributed by atoms with Gasteiger partial charge in [-0.3, -0.25) is 0 Å². The van der Waals surface area contributed by atoms with Crippen molar-refractivity contribution in [1.29, 1.82) is 0 Å². The molecule has 1 aliphatic heterocycles. The molecule has 0 spiro atoms. The van der Waals surface area contributed by atoms with Crippen molar-refractivity contribution in [3.63, 3.8) is 0 Å². The van der Waals surface area contributed by atoms with E-state index in [9.17, 15) is 0 Å². The van der Waals surface area contributed by atoms with E-state index < -0.39 is 0 Å². The predicted octanol–water partition coefficient (Wildman–Crippen LogP) is 2.81. The molecule has 1 aromatic rings. The molecule has 0 unspecified atom stereocenters. The highest BCUT2D eigenvalue weighted by Crippen LogP contribution is 2.43. The van der Waals surface area contributed by atoms with Crippen LogP contribution in [0.25, 0.3) is 0 Å². The van der Waals surface area contributed by atoms with Crippen molar-refractivity contribution in [2.24, 2.45) is 11.8 Å². The topological polar surface area (TPSA) is 12.0 Å². The zero-order valence-electron chi connectivity index (χ0n) is 7.70. The molecule has 2 fully saturated rings. The second kappa shape index (κ2) is 3.10. The summed E-state index contributed by atoms with van der Waals surface area (Å²) in [6, 6.07) is 5.13. The fourth-order valence-electron chi connectivity index (χ4n) is 2.86. The zero-order chi connectivity index (χ0) is 8.67. The highest BCUT2D eigenvalue weighted by molar-refractivity contribution is 7.10. The first-order chi connectivity index (χ1) is 6.43. The lowest BCUT2D eigenvalue weighted by Crippen LogP contribution is -2.34. The van der Waals surface area contributed by atoms with Crippen LogP contribution in [-0.2, 0) is 0 Å². The summed E-state index contributed by atoms with van der Waals surface area (Å²) >= 11 is 1.90. The molecule has 2 bridgehead atoms. The van der Waals surface area contributed by atoms with Gasteiger partial charge in [0.05, 0.1) is 0 Å². The lowest BCUT2D eigenvalue weighted by molar-refractivity contribution is 0.296. The Hall–Kier alpha value is -0.340. The highest BCUT2D eigenvalue weighted by Gasteiger charge is 2.36. The van der Waals surface area contributed by atoms with Crippen molar-refractivity contribution in [3.05, 3.63) is 22.4 Å². The Morgan fingerprint density at radius 1 is 1.38 bits per heavy atom. The summed E-state index contributed by atoms with van der Waals surface area (Å²) in [7, 11) is 0. The molecule has 1 saturated heterocycles. The number of rotatable bonds is 1. The van der Waals surface area contributed by atoms with Crippen LogP contribution in [0.3, 0.4) is 0 Å². The third-order valence-electron chi connectivity index (χ3n) is 3.53. The van der Waals surface area contributed by atoms with Gasteiger partial charge in [0.15, 0.2) is 0 Å². The van der Waals surface area contributed by atoms with Gasteiger partial charge in [-0.05, 0) is 49.1 Å². The van der Waals surface area contributed by atoms with E-state index in [1.165, 1.54) is 25.8 Å². The fourth-order valence-corrected chi connectivity index (χ4v) is 3.76. The monoisotopic (exact) mass is 193 g/mol. The van der Waals surface area contributed by atoms with E-state index in [-0.39, 0.29) is 0 Å². The van der Waals surface area contributed by atoms with Crippen molar-refractivity contribution in [1.82, 2.24) is 5.32 Å². The third kappa shape index (κ3) is 1.32.